The number of likely N-dealkylation sites (tertiary alicyclic amines) is 1. The van der Waals surface area contributed by atoms with Gasteiger partial charge in [-0.25, -0.2) is 12.7 Å². The highest BCUT2D eigenvalue weighted by Gasteiger charge is 2.26. The largest absolute Gasteiger partial charge is 0.497 e. The van der Waals surface area contributed by atoms with E-state index in [0.29, 0.717) is 25.6 Å². The summed E-state index contributed by atoms with van der Waals surface area (Å²) in [5, 5.41) is 3.21. The Morgan fingerprint density at radius 2 is 1.93 bits per heavy atom. The molecule has 7 nitrogen and oxygen atoms in total. The molecule has 1 fully saturated rings. The molecule has 9 heteroatoms. The van der Waals surface area contributed by atoms with Gasteiger partial charge in [-0.15, -0.1) is 24.0 Å². The highest BCUT2D eigenvalue weighted by molar-refractivity contribution is 14.0. The first-order valence-corrected chi connectivity index (χ1v) is 11.1. The van der Waals surface area contributed by atoms with E-state index in [0.717, 1.165) is 31.2 Å². The first-order valence-electron chi connectivity index (χ1n) is 9.52. The standard InChI is InChI=1S/C19H32N4O3S.HI/c1-5-23(6-2)27(24,25)14-12-21-19(20-3)22-13-11-17(15-22)16-7-9-18(26-4)10-8-16;/h7-10,17H,5-6,11-15H2,1-4H3,(H,20,21);1H. The third kappa shape index (κ3) is 6.48. The van der Waals surface area contributed by atoms with Gasteiger partial charge in [0.15, 0.2) is 5.96 Å². The van der Waals surface area contributed by atoms with Gasteiger partial charge in [0.05, 0.1) is 12.9 Å². The number of benzene rings is 1. The van der Waals surface area contributed by atoms with Crippen molar-refractivity contribution in [3.8, 4) is 5.75 Å². The Labute approximate surface area is 186 Å². The number of guanidine groups is 1. The van der Waals surface area contributed by atoms with Crippen molar-refractivity contribution in [2.75, 3.05) is 52.6 Å². The predicted octanol–water partition coefficient (Wildman–Crippen LogP) is 2.35. The molecule has 1 aromatic rings. The first kappa shape index (κ1) is 25.0. The van der Waals surface area contributed by atoms with Crippen LogP contribution in [0.5, 0.6) is 5.75 Å². The molecule has 1 saturated heterocycles. The van der Waals surface area contributed by atoms with Crippen LogP contribution in [0.4, 0.5) is 0 Å². The quantitative estimate of drug-likeness (QED) is 0.321. The van der Waals surface area contributed by atoms with Gasteiger partial charge in [0.2, 0.25) is 10.0 Å². The summed E-state index contributed by atoms with van der Waals surface area (Å²) in [5.41, 5.74) is 1.29. The van der Waals surface area contributed by atoms with Crippen LogP contribution in [0.25, 0.3) is 0 Å². The van der Waals surface area contributed by atoms with Crippen LogP contribution in [0.3, 0.4) is 0 Å². The smallest absolute Gasteiger partial charge is 0.215 e. The highest BCUT2D eigenvalue weighted by Crippen LogP contribution is 2.28. The molecule has 1 aliphatic rings. The number of rotatable bonds is 8. The van der Waals surface area contributed by atoms with Crippen LogP contribution in [0, 0.1) is 0 Å². The number of ether oxygens (including phenoxy) is 1. The second kappa shape index (κ2) is 11.8. The number of sulfonamides is 1. The van der Waals surface area contributed by atoms with Crippen LogP contribution < -0.4 is 10.1 Å². The minimum Gasteiger partial charge on any atom is -0.497 e. The molecule has 28 heavy (non-hydrogen) atoms. The zero-order valence-corrected chi connectivity index (χ0v) is 20.4. The van der Waals surface area contributed by atoms with E-state index in [4.69, 9.17) is 4.74 Å². The van der Waals surface area contributed by atoms with Crippen molar-refractivity contribution in [1.82, 2.24) is 14.5 Å². The first-order chi connectivity index (χ1) is 12.9. The lowest BCUT2D eigenvalue weighted by atomic mass is 9.98. The van der Waals surface area contributed by atoms with Crippen molar-refractivity contribution in [1.29, 1.82) is 0 Å². The zero-order chi connectivity index (χ0) is 19.9. The summed E-state index contributed by atoms with van der Waals surface area (Å²) in [5.74, 6) is 2.14. The summed E-state index contributed by atoms with van der Waals surface area (Å²) in [7, 11) is 0.182. The van der Waals surface area contributed by atoms with E-state index in [2.05, 4.69) is 27.3 Å². The van der Waals surface area contributed by atoms with Gasteiger partial charge in [-0.3, -0.25) is 4.99 Å². The summed E-state index contributed by atoms with van der Waals surface area (Å²) in [4.78, 5) is 6.53. The second-order valence-electron chi connectivity index (χ2n) is 6.58. The Balaban J connectivity index is 0.00000392. The minimum absolute atomic E-state index is 0. The van der Waals surface area contributed by atoms with Gasteiger partial charge in [-0.05, 0) is 24.1 Å². The van der Waals surface area contributed by atoms with Gasteiger partial charge in [0.25, 0.3) is 0 Å². The lowest BCUT2D eigenvalue weighted by molar-refractivity contribution is 0.414. The Morgan fingerprint density at radius 3 is 2.46 bits per heavy atom. The van der Waals surface area contributed by atoms with E-state index in [1.165, 1.54) is 9.87 Å². The van der Waals surface area contributed by atoms with E-state index in [1.807, 2.05) is 26.0 Å². The number of nitrogens with zero attached hydrogens (tertiary/aromatic N) is 3. The molecule has 0 amide bonds. The molecule has 1 atom stereocenters. The van der Waals surface area contributed by atoms with Crippen molar-refractivity contribution in [3.63, 3.8) is 0 Å². The average Bonchev–Trinajstić information content (AvgIpc) is 3.16. The van der Waals surface area contributed by atoms with Gasteiger partial charge in [0.1, 0.15) is 5.75 Å². The van der Waals surface area contributed by atoms with Crippen molar-refractivity contribution < 1.29 is 13.2 Å². The topological polar surface area (TPSA) is 74.2 Å². The summed E-state index contributed by atoms with van der Waals surface area (Å²) in [6.07, 6.45) is 1.05. The Bertz CT molecular complexity index is 721. The number of hydrogen-bond acceptors (Lipinski definition) is 4. The maximum atomic E-state index is 12.3. The third-order valence-corrected chi connectivity index (χ3v) is 7.05. The number of methoxy groups -OCH3 is 1. The average molecular weight is 524 g/mol. The van der Waals surface area contributed by atoms with Crippen molar-refractivity contribution in [3.05, 3.63) is 29.8 Å². The lowest BCUT2D eigenvalue weighted by Crippen LogP contribution is -2.43. The van der Waals surface area contributed by atoms with E-state index < -0.39 is 10.0 Å². The molecule has 0 aromatic heterocycles. The molecule has 1 aromatic carbocycles. The molecule has 1 N–H and O–H groups in total. The molecular formula is C19H33IN4O3S. The van der Waals surface area contributed by atoms with Crippen LogP contribution in [0.2, 0.25) is 0 Å². The number of nitrogens with one attached hydrogen (secondary N) is 1. The molecule has 0 aliphatic carbocycles. The highest BCUT2D eigenvalue weighted by atomic mass is 127. The summed E-state index contributed by atoms with van der Waals surface area (Å²) < 4.78 is 31.3. The molecule has 0 spiro atoms. The van der Waals surface area contributed by atoms with Crippen LogP contribution in [0.1, 0.15) is 31.7 Å². The van der Waals surface area contributed by atoms with Crippen molar-refractivity contribution in [2.45, 2.75) is 26.2 Å². The molecule has 0 radical (unpaired) electrons. The molecule has 1 unspecified atom stereocenters. The number of aliphatic imine (C=N–C) groups is 1. The minimum atomic E-state index is -3.22. The fraction of sp³-hybridized carbons (Fsp3) is 0.632. The van der Waals surface area contributed by atoms with E-state index in [-0.39, 0.29) is 29.7 Å². The molecular weight excluding hydrogens is 491 g/mol. The zero-order valence-electron chi connectivity index (χ0n) is 17.2. The van der Waals surface area contributed by atoms with E-state index in [1.54, 1.807) is 14.2 Å². The Kier molecular flexibility index (Phi) is 10.5. The van der Waals surface area contributed by atoms with Gasteiger partial charge in [-0.2, -0.15) is 0 Å². The van der Waals surface area contributed by atoms with Crippen LogP contribution >= 0.6 is 24.0 Å². The van der Waals surface area contributed by atoms with Crippen molar-refractivity contribution >= 4 is 40.0 Å². The maximum Gasteiger partial charge on any atom is 0.215 e. The fourth-order valence-electron chi connectivity index (χ4n) is 3.47. The van der Waals surface area contributed by atoms with Gasteiger partial charge in [-0.1, -0.05) is 26.0 Å². The molecule has 160 valence electrons. The Hall–Kier alpha value is -1.07. The molecule has 1 aliphatic heterocycles. The summed E-state index contributed by atoms with van der Waals surface area (Å²) in [6, 6.07) is 8.20. The summed E-state index contributed by atoms with van der Waals surface area (Å²) in [6.45, 7) is 6.85. The van der Waals surface area contributed by atoms with E-state index in [9.17, 15) is 8.42 Å². The third-order valence-electron chi connectivity index (χ3n) is 5.03. The van der Waals surface area contributed by atoms with Gasteiger partial charge < -0.3 is 15.0 Å². The van der Waals surface area contributed by atoms with Crippen LogP contribution in [0.15, 0.2) is 29.3 Å². The van der Waals surface area contributed by atoms with Crippen molar-refractivity contribution in [2.24, 2.45) is 4.99 Å². The monoisotopic (exact) mass is 524 g/mol. The van der Waals surface area contributed by atoms with Gasteiger partial charge in [0, 0.05) is 45.7 Å². The van der Waals surface area contributed by atoms with Gasteiger partial charge >= 0.3 is 0 Å². The number of hydrogen-bond donors (Lipinski definition) is 1. The molecule has 0 bridgehead atoms. The maximum absolute atomic E-state index is 12.3. The SMILES string of the molecule is CCN(CC)S(=O)(=O)CCNC(=NC)N1CCC(c2ccc(OC)cc2)C1.I. The Morgan fingerprint density at radius 1 is 1.29 bits per heavy atom. The summed E-state index contributed by atoms with van der Waals surface area (Å²) >= 11 is 0. The predicted molar refractivity (Wildman–Crippen MR) is 125 cm³/mol. The molecule has 0 saturated carbocycles. The normalized spacial score (nSPS) is 17.5. The fourth-order valence-corrected chi connectivity index (χ4v) is 4.88. The van der Waals surface area contributed by atoms with Crippen LogP contribution in [-0.4, -0.2) is 76.2 Å². The second-order valence-corrected chi connectivity index (χ2v) is 8.67. The van der Waals surface area contributed by atoms with E-state index >= 15 is 0 Å². The lowest BCUT2D eigenvalue weighted by Gasteiger charge is -2.23. The molecule has 1 heterocycles. The number of halogens is 1. The molecule has 2 rings (SSSR count). The van der Waals surface area contributed by atoms with Crippen LogP contribution in [-0.2, 0) is 10.0 Å².